The molecule has 0 saturated carbocycles. The van der Waals surface area contributed by atoms with Gasteiger partial charge in [0.05, 0.1) is 34.4 Å². The fraction of sp³-hybridized carbons (Fsp3) is 1.00. The van der Waals surface area contributed by atoms with Gasteiger partial charge in [-0.1, -0.05) is 70.6 Å². The lowest BCUT2D eigenvalue weighted by atomic mass is 10.0. The molecule has 0 saturated heterocycles. The first-order valence-electron chi connectivity index (χ1n) is 14.3. The molecule has 2 atom stereocenters. The number of phosphoric ester groups is 1. The summed E-state index contributed by atoms with van der Waals surface area (Å²) in [6, 6.07) is 0. The van der Waals surface area contributed by atoms with Gasteiger partial charge in [0, 0.05) is 13.0 Å². The van der Waals surface area contributed by atoms with E-state index in [0.717, 1.165) is 64.2 Å². The molecule has 0 heterocycles. The average molecular weight is 636 g/mol. The second-order valence-corrected chi connectivity index (χ2v) is 12.8. The van der Waals surface area contributed by atoms with Crippen LogP contribution in [0, 0.1) is 0 Å². The minimum absolute atomic E-state index is 0.0260. The topological polar surface area (TPSA) is 88.1 Å². The molecule has 0 aliphatic carbocycles. The summed E-state index contributed by atoms with van der Waals surface area (Å²) in [5.74, 6) is -11.1. The Kier molecular flexibility index (Phi) is 19.5. The van der Waals surface area contributed by atoms with Crippen molar-refractivity contribution in [1.29, 1.82) is 0 Å². The third-order valence-corrected chi connectivity index (χ3v) is 7.45. The highest BCUT2D eigenvalue weighted by Crippen LogP contribution is 2.48. The molecular formula is C26H49F7NO6P. The molecule has 0 rings (SSSR count). The van der Waals surface area contributed by atoms with Crippen molar-refractivity contribution >= 4 is 7.82 Å². The van der Waals surface area contributed by atoms with Gasteiger partial charge in [-0.3, -0.25) is 4.57 Å². The number of hydrogen-bond acceptors (Lipinski definition) is 6. The maximum Gasteiger partial charge on any atom is 0.459 e. The number of alkyl halides is 7. The Hall–Kier alpha value is -0.500. The fourth-order valence-electron chi connectivity index (χ4n) is 3.83. The lowest BCUT2D eigenvalue weighted by Gasteiger charge is -2.29. The van der Waals surface area contributed by atoms with Gasteiger partial charge in [-0.2, -0.15) is 30.7 Å². The molecule has 0 aromatic rings. The quantitative estimate of drug-likeness (QED) is 0.0484. The summed E-state index contributed by atoms with van der Waals surface area (Å²) in [6.45, 7) is 0.272. The van der Waals surface area contributed by atoms with Crippen LogP contribution in [0.3, 0.4) is 0 Å². The molecule has 0 aromatic heterocycles. The van der Waals surface area contributed by atoms with Crippen molar-refractivity contribution < 1.29 is 63.6 Å². The predicted molar refractivity (Wildman–Crippen MR) is 140 cm³/mol. The van der Waals surface area contributed by atoms with Crippen molar-refractivity contribution in [2.75, 3.05) is 54.1 Å². The predicted octanol–water partition coefficient (Wildman–Crippen LogP) is 6.87. The zero-order valence-corrected chi connectivity index (χ0v) is 25.4. The molecule has 0 bridgehead atoms. The van der Waals surface area contributed by atoms with E-state index in [2.05, 4.69) is 0 Å². The van der Waals surface area contributed by atoms with Gasteiger partial charge in [-0.15, -0.1) is 0 Å². The van der Waals surface area contributed by atoms with E-state index >= 15 is 0 Å². The van der Waals surface area contributed by atoms with Crippen LogP contribution in [0.4, 0.5) is 30.7 Å². The van der Waals surface area contributed by atoms with Gasteiger partial charge in [-0.25, -0.2) is 0 Å². The van der Waals surface area contributed by atoms with Crippen molar-refractivity contribution in [3.8, 4) is 0 Å². The molecule has 1 unspecified atom stereocenters. The van der Waals surface area contributed by atoms with Crippen LogP contribution in [0.5, 0.6) is 0 Å². The van der Waals surface area contributed by atoms with Gasteiger partial charge < -0.3 is 28.3 Å². The molecule has 0 aliphatic rings. The zero-order chi connectivity index (χ0) is 31.6. The van der Waals surface area contributed by atoms with E-state index in [-0.39, 0.29) is 26.1 Å². The van der Waals surface area contributed by atoms with Crippen molar-refractivity contribution in [3.05, 3.63) is 0 Å². The molecule has 15 heteroatoms. The largest absolute Gasteiger partial charge is 0.756 e. The van der Waals surface area contributed by atoms with E-state index in [9.17, 15) is 45.3 Å². The first-order chi connectivity index (χ1) is 18.8. The number of aliphatic hydroxyl groups excluding tert-OH is 1. The highest BCUT2D eigenvalue weighted by Gasteiger charge is 2.72. The third kappa shape index (κ3) is 19.4. The Morgan fingerprint density at radius 2 is 1.20 bits per heavy atom. The van der Waals surface area contributed by atoms with Crippen LogP contribution >= 0.6 is 7.82 Å². The molecule has 0 amide bonds. The van der Waals surface area contributed by atoms with E-state index in [1.54, 1.807) is 0 Å². The van der Waals surface area contributed by atoms with Crippen LogP contribution in [-0.2, 0) is 18.3 Å². The highest BCUT2D eigenvalue weighted by atomic mass is 31.2. The standard InChI is InChI=1S/C26H49F7NO6P/c1-34(2,3)18-20-39-41(36,37)40-23(21-35)22-38-19-16-14-12-10-8-6-4-5-7-9-11-13-15-17-24(27,28)25(29,30)26(31,32)33/h23,35H,4-22H2,1-3H3/t23-/m0/s1. The number of phosphoric acid groups is 1. The second-order valence-electron chi connectivity index (χ2n) is 11.4. The van der Waals surface area contributed by atoms with E-state index in [4.69, 9.17) is 13.8 Å². The van der Waals surface area contributed by atoms with E-state index in [1.807, 2.05) is 21.1 Å². The molecule has 0 aliphatic heterocycles. The van der Waals surface area contributed by atoms with Gasteiger partial charge in [0.25, 0.3) is 7.82 Å². The van der Waals surface area contributed by atoms with Crippen LogP contribution in [0.25, 0.3) is 0 Å². The number of quaternary nitrogens is 1. The Bertz CT molecular complexity index is 723. The molecule has 41 heavy (non-hydrogen) atoms. The number of halogens is 7. The smallest absolute Gasteiger partial charge is 0.459 e. The number of nitrogens with zero attached hydrogens (tertiary/aromatic N) is 1. The molecule has 0 radical (unpaired) electrons. The number of hydrogen-bond donors (Lipinski definition) is 1. The first-order valence-corrected chi connectivity index (χ1v) is 15.8. The number of aliphatic hydroxyl groups is 1. The number of likely N-dealkylation sites (N-methyl/N-ethyl adjacent to an activating group) is 1. The number of ether oxygens (including phenoxy) is 1. The summed E-state index contributed by atoms with van der Waals surface area (Å²) in [7, 11) is 1.15. The molecule has 0 fully saturated rings. The normalized spacial score (nSPS) is 15.7. The molecule has 7 nitrogen and oxygen atoms in total. The summed E-state index contributed by atoms with van der Waals surface area (Å²) < 4.78 is 116. The molecule has 0 spiro atoms. The molecular weight excluding hydrogens is 586 g/mol. The van der Waals surface area contributed by atoms with Gasteiger partial charge in [0.15, 0.2) is 0 Å². The van der Waals surface area contributed by atoms with E-state index < -0.39 is 45.0 Å². The summed E-state index contributed by atoms with van der Waals surface area (Å²) in [4.78, 5) is 11.9. The number of unbranched alkanes of at least 4 members (excludes halogenated alkanes) is 12. The van der Waals surface area contributed by atoms with Crippen LogP contribution < -0.4 is 4.89 Å². The van der Waals surface area contributed by atoms with Crippen LogP contribution in [0.1, 0.15) is 89.9 Å². The fourth-order valence-corrected chi connectivity index (χ4v) is 4.69. The lowest BCUT2D eigenvalue weighted by molar-refractivity contribution is -0.870. The summed E-state index contributed by atoms with van der Waals surface area (Å²) in [5, 5.41) is 9.34. The maximum atomic E-state index is 13.2. The lowest BCUT2D eigenvalue weighted by Crippen LogP contribution is -2.51. The van der Waals surface area contributed by atoms with Gasteiger partial charge in [0.2, 0.25) is 0 Å². The molecule has 0 aromatic carbocycles. The minimum atomic E-state index is -6.26. The van der Waals surface area contributed by atoms with E-state index in [0.29, 0.717) is 24.1 Å². The average Bonchev–Trinajstić information content (AvgIpc) is 2.83. The summed E-state index contributed by atoms with van der Waals surface area (Å²) >= 11 is 0. The van der Waals surface area contributed by atoms with Gasteiger partial charge in [0.1, 0.15) is 19.3 Å². The van der Waals surface area contributed by atoms with Crippen LogP contribution in [-0.4, -0.2) is 87.8 Å². The SMILES string of the molecule is C[N+](C)(C)CCOP(=O)([O-])O[C@@H](CO)COCCCCCCCCCCCCCCCC(F)(F)C(F)(F)C(F)(F)F. The Morgan fingerprint density at radius 3 is 1.61 bits per heavy atom. The van der Waals surface area contributed by atoms with Crippen LogP contribution in [0.15, 0.2) is 0 Å². The maximum absolute atomic E-state index is 13.2. The second kappa shape index (κ2) is 19.7. The Morgan fingerprint density at radius 1 is 0.756 bits per heavy atom. The van der Waals surface area contributed by atoms with Crippen LogP contribution in [0.2, 0.25) is 0 Å². The molecule has 1 N–H and O–H groups in total. The Balaban J connectivity index is 3.66. The minimum Gasteiger partial charge on any atom is -0.756 e. The van der Waals surface area contributed by atoms with Crippen molar-refractivity contribution in [2.24, 2.45) is 0 Å². The monoisotopic (exact) mass is 635 g/mol. The van der Waals surface area contributed by atoms with Crippen molar-refractivity contribution in [3.63, 3.8) is 0 Å². The molecule has 248 valence electrons. The first kappa shape index (κ1) is 40.5. The van der Waals surface area contributed by atoms with Crippen molar-refractivity contribution in [2.45, 2.75) is 114 Å². The zero-order valence-electron chi connectivity index (χ0n) is 24.5. The van der Waals surface area contributed by atoms with Crippen molar-refractivity contribution in [1.82, 2.24) is 0 Å². The van der Waals surface area contributed by atoms with Gasteiger partial charge in [-0.05, 0) is 12.8 Å². The third-order valence-electron chi connectivity index (χ3n) is 6.39. The number of rotatable bonds is 26. The van der Waals surface area contributed by atoms with E-state index in [1.165, 1.54) is 0 Å². The van der Waals surface area contributed by atoms with Gasteiger partial charge >= 0.3 is 18.0 Å². The highest BCUT2D eigenvalue weighted by molar-refractivity contribution is 7.45. The summed E-state index contributed by atoms with van der Waals surface area (Å²) in [6.07, 6.45) is 0.946. The summed E-state index contributed by atoms with van der Waals surface area (Å²) in [5.41, 5.74) is 0. The Labute approximate surface area is 239 Å².